The Hall–Kier alpha value is -2.46. The van der Waals surface area contributed by atoms with Gasteiger partial charge in [0.1, 0.15) is 11.6 Å². The zero-order valence-electron chi connectivity index (χ0n) is 13.0. The molecule has 10 heteroatoms. The molecule has 1 aliphatic rings. The predicted octanol–water partition coefficient (Wildman–Crippen LogP) is 1.17. The van der Waals surface area contributed by atoms with Crippen molar-refractivity contribution in [1.82, 2.24) is 4.90 Å². The van der Waals surface area contributed by atoms with Crippen molar-refractivity contribution in [2.24, 2.45) is 5.14 Å². The van der Waals surface area contributed by atoms with Crippen molar-refractivity contribution in [3.8, 4) is 0 Å². The second-order valence-electron chi connectivity index (χ2n) is 5.54. The average molecular weight is 371 g/mol. The van der Waals surface area contributed by atoms with E-state index in [1.807, 2.05) is 0 Å². The fraction of sp³-hybridized carbons (Fsp3) is 0.267. The molecule has 0 aliphatic carbocycles. The molecular formula is C15H15F2N3O4S. The van der Waals surface area contributed by atoms with Crippen LogP contribution in [0.5, 0.6) is 0 Å². The van der Waals surface area contributed by atoms with Gasteiger partial charge in [0.25, 0.3) is 15.9 Å². The molecule has 1 aliphatic heterocycles. The van der Waals surface area contributed by atoms with Crippen molar-refractivity contribution in [3.63, 3.8) is 0 Å². The lowest BCUT2D eigenvalue weighted by atomic mass is 10.2. The number of primary sulfonamides is 1. The van der Waals surface area contributed by atoms with E-state index in [-0.39, 0.29) is 24.5 Å². The summed E-state index contributed by atoms with van der Waals surface area (Å²) in [7, 11) is -4.02. The van der Waals surface area contributed by atoms with Gasteiger partial charge in [0.15, 0.2) is 5.76 Å². The molecule has 0 spiro atoms. The highest BCUT2D eigenvalue weighted by Crippen LogP contribution is 2.23. The van der Waals surface area contributed by atoms with Crippen LogP contribution in [0.25, 0.3) is 0 Å². The predicted molar refractivity (Wildman–Crippen MR) is 84.6 cm³/mol. The topological polar surface area (TPSA) is 96.8 Å². The number of piperazine rings is 1. The molecule has 1 fully saturated rings. The summed E-state index contributed by atoms with van der Waals surface area (Å²) in [5, 5.41) is 4.45. The Labute approximate surface area is 142 Å². The molecule has 1 aromatic carbocycles. The number of furan rings is 1. The second-order valence-corrected chi connectivity index (χ2v) is 7.03. The molecule has 1 saturated heterocycles. The lowest BCUT2D eigenvalue weighted by Gasteiger charge is -2.35. The Morgan fingerprint density at radius 1 is 1.08 bits per heavy atom. The highest BCUT2D eigenvalue weighted by Gasteiger charge is 2.26. The molecule has 2 aromatic rings. The van der Waals surface area contributed by atoms with Crippen LogP contribution in [0.4, 0.5) is 14.5 Å². The van der Waals surface area contributed by atoms with Gasteiger partial charge < -0.3 is 14.2 Å². The van der Waals surface area contributed by atoms with Gasteiger partial charge in [-0.25, -0.2) is 22.3 Å². The molecule has 0 saturated carbocycles. The maximum absolute atomic E-state index is 13.8. The monoisotopic (exact) mass is 371 g/mol. The van der Waals surface area contributed by atoms with Gasteiger partial charge in [0.2, 0.25) is 5.09 Å². The minimum Gasteiger partial charge on any atom is -0.438 e. The summed E-state index contributed by atoms with van der Waals surface area (Å²) in [6.45, 7) is 1.10. The summed E-state index contributed by atoms with van der Waals surface area (Å²) in [4.78, 5) is 15.4. The van der Waals surface area contributed by atoms with E-state index in [9.17, 15) is 22.0 Å². The molecule has 2 N–H and O–H groups in total. The normalized spacial score (nSPS) is 15.5. The number of sulfonamides is 1. The van der Waals surface area contributed by atoms with Crippen molar-refractivity contribution in [1.29, 1.82) is 0 Å². The number of halogens is 2. The summed E-state index contributed by atoms with van der Waals surface area (Å²) in [5.74, 6) is -1.71. The maximum atomic E-state index is 13.8. The lowest BCUT2D eigenvalue weighted by Crippen LogP contribution is -2.49. The number of carbonyl (C=O) groups is 1. The quantitative estimate of drug-likeness (QED) is 0.874. The molecule has 3 rings (SSSR count). The Bertz CT molecular complexity index is 905. The average Bonchev–Trinajstić information content (AvgIpc) is 3.07. The molecule has 1 aromatic heterocycles. The first-order chi connectivity index (χ1) is 11.8. The fourth-order valence-corrected chi connectivity index (χ4v) is 3.09. The smallest absolute Gasteiger partial charge is 0.289 e. The van der Waals surface area contributed by atoms with Crippen LogP contribution in [-0.2, 0) is 10.0 Å². The number of rotatable bonds is 3. The molecule has 1 amide bonds. The van der Waals surface area contributed by atoms with Gasteiger partial charge in [-0.05, 0) is 24.3 Å². The van der Waals surface area contributed by atoms with E-state index in [1.54, 1.807) is 4.90 Å². The number of carbonyl (C=O) groups excluding carboxylic acids is 1. The van der Waals surface area contributed by atoms with Crippen LogP contribution in [0, 0.1) is 11.6 Å². The molecule has 2 heterocycles. The number of benzene rings is 1. The number of nitrogens with two attached hydrogens (primary N) is 1. The van der Waals surface area contributed by atoms with Crippen molar-refractivity contribution < 1.29 is 26.4 Å². The van der Waals surface area contributed by atoms with Gasteiger partial charge in [-0.3, -0.25) is 4.79 Å². The second kappa shape index (κ2) is 6.45. The van der Waals surface area contributed by atoms with Crippen molar-refractivity contribution >= 4 is 21.6 Å². The van der Waals surface area contributed by atoms with Crippen LogP contribution in [-0.4, -0.2) is 45.4 Å². The van der Waals surface area contributed by atoms with E-state index < -0.39 is 32.7 Å². The third-order valence-electron chi connectivity index (χ3n) is 3.89. The number of hydrogen-bond acceptors (Lipinski definition) is 5. The highest BCUT2D eigenvalue weighted by atomic mass is 32.2. The van der Waals surface area contributed by atoms with E-state index in [4.69, 9.17) is 9.56 Å². The summed E-state index contributed by atoms with van der Waals surface area (Å²) < 4.78 is 54.5. The molecule has 0 bridgehead atoms. The van der Waals surface area contributed by atoms with Crippen molar-refractivity contribution in [2.45, 2.75) is 5.09 Å². The van der Waals surface area contributed by atoms with Crippen molar-refractivity contribution in [2.75, 3.05) is 31.1 Å². The first-order valence-electron chi connectivity index (χ1n) is 7.37. The molecule has 25 heavy (non-hydrogen) atoms. The van der Waals surface area contributed by atoms with Gasteiger partial charge in [-0.15, -0.1) is 0 Å². The van der Waals surface area contributed by atoms with E-state index in [1.165, 1.54) is 11.0 Å². The summed E-state index contributed by atoms with van der Waals surface area (Å²) in [6.07, 6.45) is 0. The summed E-state index contributed by atoms with van der Waals surface area (Å²) in [6, 6.07) is 5.55. The van der Waals surface area contributed by atoms with Gasteiger partial charge >= 0.3 is 0 Å². The fourth-order valence-electron chi connectivity index (χ4n) is 2.62. The summed E-state index contributed by atoms with van der Waals surface area (Å²) in [5.41, 5.74) is 0.140. The van der Waals surface area contributed by atoms with Crippen LogP contribution < -0.4 is 10.0 Å². The van der Waals surface area contributed by atoms with E-state index >= 15 is 0 Å². The van der Waals surface area contributed by atoms with Crippen LogP contribution >= 0.6 is 0 Å². The van der Waals surface area contributed by atoms with Gasteiger partial charge in [-0.1, -0.05) is 0 Å². The third-order valence-corrected chi connectivity index (χ3v) is 4.67. The van der Waals surface area contributed by atoms with Crippen molar-refractivity contribution in [3.05, 3.63) is 47.7 Å². The van der Waals surface area contributed by atoms with Gasteiger partial charge in [-0.2, -0.15) is 0 Å². The Balaban J connectivity index is 1.69. The minimum atomic E-state index is -4.02. The lowest BCUT2D eigenvalue weighted by molar-refractivity contribution is 0.0708. The van der Waals surface area contributed by atoms with Crippen LogP contribution in [0.15, 0.2) is 39.8 Å². The molecule has 0 atom stereocenters. The zero-order valence-corrected chi connectivity index (χ0v) is 13.8. The Kier molecular flexibility index (Phi) is 4.48. The van der Waals surface area contributed by atoms with Crippen LogP contribution in [0.1, 0.15) is 10.6 Å². The molecule has 0 unspecified atom stereocenters. The first kappa shape index (κ1) is 17.4. The Morgan fingerprint density at radius 2 is 1.76 bits per heavy atom. The number of amides is 1. The van der Waals surface area contributed by atoms with Gasteiger partial charge in [0, 0.05) is 32.2 Å². The first-order valence-corrected chi connectivity index (χ1v) is 8.92. The third kappa shape index (κ3) is 3.64. The molecule has 134 valence electrons. The van der Waals surface area contributed by atoms with Crippen LogP contribution in [0.2, 0.25) is 0 Å². The minimum absolute atomic E-state index is 0.140. The number of hydrogen-bond donors (Lipinski definition) is 1. The number of nitrogens with zero attached hydrogens (tertiary/aromatic N) is 2. The SMILES string of the molecule is NS(=O)(=O)c1ccc(C(=O)N2CCN(c3cc(F)ccc3F)CC2)o1. The van der Waals surface area contributed by atoms with E-state index in [0.29, 0.717) is 13.1 Å². The maximum Gasteiger partial charge on any atom is 0.289 e. The number of anilines is 1. The zero-order chi connectivity index (χ0) is 18.2. The largest absolute Gasteiger partial charge is 0.438 e. The van der Waals surface area contributed by atoms with Crippen LogP contribution in [0.3, 0.4) is 0 Å². The molecule has 0 radical (unpaired) electrons. The standard InChI is InChI=1S/C15H15F2N3O4S/c16-10-1-2-11(17)12(9-10)19-5-7-20(8-6-19)15(21)13-3-4-14(24-13)25(18,22)23/h1-4,9H,5-8H2,(H2,18,22,23). The van der Waals surface area contributed by atoms with E-state index in [0.717, 1.165) is 24.3 Å². The Morgan fingerprint density at radius 3 is 2.36 bits per heavy atom. The summed E-state index contributed by atoms with van der Waals surface area (Å²) >= 11 is 0. The molecule has 7 nitrogen and oxygen atoms in total. The van der Waals surface area contributed by atoms with E-state index in [2.05, 4.69) is 0 Å². The highest BCUT2D eigenvalue weighted by molar-refractivity contribution is 7.89. The van der Waals surface area contributed by atoms with Gasteiger partial charge in [0.05, 0.1) is 5.69 Å². The molecular weight excluding hydrogens is 356 g/mol.